The predicted molar refractivity (Wildman–Crippen MR) is 65.6 cm³/mol. The molecule has 0 aliphatic heterocycles. The number of amides is 2. The molecule has 2 amide bonds. The highest BCUT2D eigenvalue weighted by Crippen LogP contribution is 2.06. The molecule has 0 fully saturated rings. The molecule has 0 heterocycles. The van der Waals surface area contributed by atoms with E-state index in [4.69, 9.17) is 4.74 Å². The van der Waals surface area contributed by atoms with Crippen LogP contribution in [-0.2, 0) is 9.53 Å². The molecule has 0 radical (unpaired) electrons. The summed E-state index contributed by atoms with van der Waals surface area (Å²) in [7, 11) is 1.60. The van der Waals surface area contributed by atoms with Crippen LogP contribution in [0.4, 0.5) is 4.79 Å². The van der Waals surface area contributed by atoms with E-state index in [-0.39, 0.29) is 5.91 Å². The minimum Gasteiger partial charge on any atom is -0.444 e. The van der Waals surface area contributed by atoms with Crippen LogP contribution in [0.1, 0.15) is 20.8 Å². The number of hydrogen-bond donors (Lipinski definition) is 2. The van der Waals surface area contributed by atoms with E-state index in [0.29, 0.717) is 18.1 Å². The Hall–Kier alpha value is -0.910. The molecule has 0 aromatic carbocycles. The molecule has 0 rings (SSSR count). The Balaban J connectivity index is 3.45. The fourth-order valence-corrected chi connectivity index (χ4v) is 1.50. The summed E-state index contributed by atoms with van der Waals surface area (Å²) in [5, 5.41) is 5.14. The van der Waals surface area contributed by atoms with Crippen LogP contribution in [0.2, 0.25) is 0 Å². The second kappa shape index (κ2) is 7.38. The van der Waals surface area contributed by atoms with E-state index < -0.39 is 11.7 Å². The lowest BCUT2D eigenvalue weighted by Gasteiger charge is -2.19. The number of carbonyl (C=O) groups excluding carboxylic acids is 2. The highest BCUT2D eigenvalue weighted by molar-refractivity contribution is 7.99. The summed E-state index contributed by atoms with van der Waals surface area (Å²) in [5.74, 6) is 1.08. The maximum Gasteiger partial charge on any atom is 0.407 e. The van der Waals surface area contributed by atoms with Gasteiger partial charge in [-0.25, -0.2) is 4.79 Å². The van der Waals surface area contributed by atoms with Gasteiger partial charge in [0.2, 0.25) is 5.91 Å². The Bertz CT molecular complexity index is 239. The van der Waals surface area contributed by atoms with E-state index in [0.717, 1.165) is 0 Å². The molecule has 0 aliphatic carbocycles. The minimum atomic E-state index is -0.473. The third kappa shape index (κ3) is 9.64. The van der Waals surface area contributed by atoms with Crippen molar-refractivity contribution in [3.63, 3.8) is 0 Å². The Morgan fingerprint density at radius 2 is 1.94 bits per heavy atom. The highest BCUT2D eigenvalue weighted by atomic mass is 32.2. The third-order valence-corrected chi connectivity index (χ3v) is 2.39. The van der Waals surface area contributed by atoms with Crippen LogP contribution in [0.3, 0.4) is 0 Å². The van der Waals surface area contributed by atoms with Crippen LogP contribution >= 0.6 is 11.8 Å². The van der Waals surface area contributed by atoms with Gasteiger partial charge in [-0.15, -0.1) is 0 Å². The van der Waals surface area contributed by atoms with Crippen molar-refractivity contribution in [3.8, 4) is 0 Å². The second-order valence-electron chi connectivity index (χ2n) is 4.15. The number of hydrogen-bond acceptors (Lipinski definition) is 4. The number of ether oxygens (including phenoxy) is 1. The lowest BCUT2D eigenvalue weighted by molar-refractivity contribution is -0.118. The van der Waals surface area contributed by atoms with Crippen molar-refractivity contribution >= 4 is 23.8 Å². The first-order chi connectivity index (χ1) is 7.35. The van der Waals surface area contributed by atoms with Gasteiger partial charge < -0.3 is 15.4 Å². The monoisotopic (exact) mass is 248 g/mol. The van der Waals surface area contributed by atoms with Gasteiger partial charge in [-0.3, -0.25) is 4.79 Å². The SMILES string of the molecule is CNC(=O)CSCCNC(=O)OC(C)(C)C. The molecular weight excluding hydrogens is 228 g/mol. The predicted octanol–water partition coefficient (Wildman–Crippen LogP) is 0.990. The van der Waals surface area contributed by atoms with Crippen LogP contribution in [0, 0.1) is 0 Å². The summed E-state index contributed by atoms with van der Waals surface area (Å²) >= 11 is 1.46. The summed E-state index contributed by atoms with van der Waals surface area (Å²) in [6.45, 7) is 5.93. The molecule has 5 nitrogen and oxygen atoms in total. The zero-order valence-corrected chi connectivity index (χ0v) is 11.1. The zero-order chi connectivity index (χ0) is 12.6. The molecule has 0 bridgehead atoms. The standard InChI is InChI=1S/C10H20N2O3S/c1-10(2,3)15-9(14)12-5-6-16-7-8(13)11-4/h5-7H2,1-4H3,(H,11,13)(H,12,14). The molecule has 0 aromatic heterocycles. The average Bonchev–Trinajstić information content (AvgIpc) is 2.14. The van der Waals surface area contributed by atoms with Gasteiger partial charge in [-0.1, -0.05) is 0 Å². The highest BCUT2D eigenvalue weighted by Gasteiger charge is 2.15. The minimum absolute atomic E-state index is 0.0118. The number of nitrogens with one attached hydrogen (secondary N) is 2. The van der Waals surface area contributed by atoms with Crippen molar-refractivity contribution in [2.75, 3.05) is 25.1 Å². The lowest BCUT2D eigenvalue weighted by atomic mass is 10.2. The average molecular weight is 248 g/mol. The Kier molecular flexibility index (Phi) is 6.96. The smallest absolute Gasteiger partial charge is 0.407 e. The zero-order valence-electron chi connectivity index (χ0n) is 10.3. The molecule has 0 atom stereocenters. The van der Waals surface area contributed by atoms with E-state index >= 15 is 0 Å². The van der Waals surface area contributed by atoms with Crippen LogP contribution in [0.15, 0.2) is 0 Å². The lowest BCUT2D eigenvalue weighted by Crippen LogP contribution is -2.33. The summed E-state index contributed by atoms with van der Waals surface area (Å²) in [6.07, 6.45) is -0.423. The van der Waals surface area contributed by atoms with E-state index in [9.17, 15) is 9.59 Å². The Morgan fingerprint density at radius 3 is 2.44 bits per heavy atom. The summed E-state index contributed by atoms with van der Waals surface area (Å²) in [6, 6.07) is 0. The molecule has 0 unspecified atom stereocenters. The van der Waals surface area contributed by atoms with Crippen molar-refractivity contribution in [1.82, 2.24) is 10.6 Å². The fraction of sp³-hybridized carbons (Fsp3) is 0.800. The summed E-state index contributed by atoms with van der Waals surface area (Å²) in [4.78, 5) is 22.0. The first kappa shape index (κ1) is 15.1. The van der Waals surface area contributed by atoms with E-state index in [1.807, 2.05) is 20.8 Å². The van der Waals surface area contributed by atoms with Crippen molar-refractivity contribution in [3.05, 3.63) is 0 Å². The van der Waals surface area contributed by atoms with E-state index in [1.165, 1.54) is 11.8 Å². The molecule has 0 saturated carbocycles. The summed E-state index contributed by atoms with van der Waals surface area (Å²) in [5.41, 5.74) is -0.473. The summed E-state index contributed by atoms with van der Waals surface area (Å²) < 4.78 is 5.05. The van der Waals surface area contributed by atoms with Gasteiger partial charge in [0.1, 0.15) is 5.60 Å². The Labute approximate surface area is 101 Å². The van der Waals surface area contributed by atoms with Crippen LogP contribution in [0.5, 0.6) is 0 Å². The second-order valence-corrected chi connectivity index (χ2v) is 5.26. The molecule has 16 heavy (non-hydrogen) atoms. The quantitative estimate of drug-likeness (QED) is 0.712. The van der Waals surface area contributed by atoms with Crippen molar-refractivity contribution in [1.29, 1.82) is 0 Å². The Morgan fingerprint density at radius 1 is 1.31 bits per heavy atom. The van der Waals surface area contributed by atoms with E-state index in [2.05, 4.69) is 10.6 Å². The van der Waals surface area contributed by atoms with Gasteiger partial charge in [0, 0.05) is 19.3 Å². The van der Waals surface area contributed by atoms with Gasteiger partial charge >= 0.3 is 6.09 Å². The van der Waals surface area contributed by atoms with Gasteiger partial charge in [-0.2, -0.15) is 11.8 Å². The normalized spacial score (nSPS) is 10.8. The molecule has 0 aliphatic rings. The number of thioether (sulfide) groups is 1. The molecule has 94 valence electrons. The van der Waals surface area contributed by atoms with E-state index in [1.54, 1.807) is 7.05 Å². The molecule has 6 heteroatoms. The third-order valence-electron chi connectivity index (χ3n) is 1.43. The molecule has 2 N–H and O–H groups in total. The first-order valence-corrected chi connectivity index (χ1v) is 6.26. The van der Waals surface area contributed by atoms with Crippen molar-refractivity contribution in [2.45, 2.75) is 26.4 Å². The number of alkyl carbamates (subject to hydrolysis) is 1. The fourth-order valence-electron chi connectivity index (χ4n) is 0.776. The topological polar surface area (TPSA) is 67.4 Å². The molecule has 0 aromatic rings. The van der Waals surface area contributed by atoms with Crippen molar-refractivity contribution < 1.29 is 14.3 Å². The van der Waals surface area contributed by atoms with Crippen LogP contribution in [-0.4, -0.2) is 42.7 Å². The maximum atomic E-state index is 11.2. The number of carbonyl (C=O) groups is 2. The first-order valence-electron chi connectivity index (χ1n) is 5.10. The van der Waals surface area contributed by atoms with Gasteiger partial charge in [0.25, 0.3) is 0 Å². The largest absolute Gasteiger partial charge is 0.444 e. The van der Waals surface area contributed by atoms with Gasteiger partial charge in [0.15, 0.2) is 0 Å². The number of rotatable bonds is 5. The molecular formula is C10H20N2O3S. The molecule has 0 saturated heterocycles. The van der Waals surface area contributed by atoms with Crippen molar-refractivity contribution in [2.24, 2.45) is 0 Å². The van der Waals surface area contributed by atoms with Crippen LogP contribution in [0.25, 0.3) is 0 Å². The molecule has 0 spiro atoms. The van der Waals surface area contributed by atoms with Gasteiger partial charge in [-0.05, 0) is 20.8 Å². The van der Waals surface area contributed by atoms with Gasteiger partial charge in [0.05, 0.1) is 5.75 Å². The maximum absolute atomic E-state index is 11.2. The van der Waals surface area contributed by atoms with Crippen LogP contribution < -0.4 is 10.6 Å².